The Hall–Kier alpha value is -1.62. The lowest BCUT2D eigenvalue weighted by Gasteiger charge is -2.18. The van der Waals surface area contributed by atoms with Gasteiger partial charge in [0.05, 0.1) is 18.9 Å². The molecule has 1 aromatic rings. The Labute approximate surface area is 132 Å². The Balaban J connectivity index is 2.74. The number of ether oxygens (including phenoxy) is 2. The summed E-state index contributed by atoms with van der Waals surface area (Å²) in [5.74, 6) is -0.317. The van der Waals surface area contributed by atoms with E-state index in [-0.39, 0.29) is 5.97 Å². The standard InChI is InChI=1S/C17H27NO4/c1-4-6-10-21-13-16-9-8-15(12-19)18(16)14(3)17(20)22-11-7-5-2/h8-9,12,14H,4-7,10-11,13H2,1-3H3/t14-/m1/s1. The maximum absolute atomic E-state index is 12.1. The van der Waals surface area contributed by atoms with Crippen LogP contribution in [0.5, 0.6) is 0 Å². The molecule has 0 aromatic carbocycles. The molecule has 0 unspecified atom stereocenters. The van der Waals surface area contributed by atoms with Crippen molar-refractivity contribution in [1.29, 1.82) is 0 Å². The van der Waals surface area contributed by atoms with E-state index in [1.807, 2.05) is 13.0 Å². The molecule has 0 aliphatic carbocycles. The van der Waals surface area contributed by atoms with Gasteiger partial charge in [0.15, 0.2) is 6.29 Å². The van der Waals surface area contributed by atoms with Crippen LogP contribution in [0.1, 0.15) is 68.7 Å². The van der Waals surface area contributed by atoms with E-state index in [9.17, 15) is 9.59 Å². The van der Waals surface area contributed by atoms with Gasteiger partial charge in [-0.3, -0.25) is 4.79 Å². The van der Waals surface area contributed by atoms with Crippen LogP contribution in [-0.4, -0.2) is 30.0 Å². The topological polar surface area (TPSA) is 57.5 Å². The molecular weight excluding hydrogens is 282 g/mol. The van der Waals surface area contributed by atoms with Crippen molar-refractivity contribution in [2.45, 2.75) is 59.1 Å². The Morgan fingerprint density at radius 1 is 1.23 bits per heavy atom. The maximum atomic E-state index is 12.1. The SMILES string of the molecule is CCCCOCc1ccc(C=O)n1[C@H](C)C(=O)OCCCC. The molecule has 22 heavy (non-hydrogen) atoms. The molecule has 0 radical (unpaired) electrons. The van der Waals surface area contributed by atoms with E-state index in [2.05, 4.69) is 6.92 Å². The number of nitrogens with zero attached hydrogens (tertiary/aromatic N) is 1. The van der Waals surface area contributed by atoms with E-state index in [1.165, 1.54) is 0 Å². The Bertz CT molecular complexity index is 467. The molecule has 0 saturated heterocycles. The number of carbonyl (C=O) groups excluding carboxylic acids is 2. The van der Waals surface area contributed by atoms with Crippen molar-refractivity contribution in [2.24, 2.45) is 0 Å². The maximum Gasteiger partial charge on any atom is 0.328 e. The van der Waals surface area contributed by atoms with Crippen LogP contribution >= 0.6 is 0 Å². The third-order valence-electron chi connectivity index (χ3n) is 3.52. The van der Waals surface area contributed by atoms with Crippen LogP contribution in [0.25, 0.3) is 0 Å². The summed E-state index contributed by atoms with van der Waals surface area (Å²) in [5, 5.41) is 0. The van der Waals surface area contributed by atoms with Crippen LogP contribution < -0.4 is 0 Å². The van der Waals surface area contributed by atoms with Gasteiger partial charge in [0.2, 0.25) is 0 Å². The predicted molar refractivity (Wildman–Crippen MR) is 85.0 cm³/mol. The molecule has 0 amide bonds. The first kappa shape index (κ1) is 18.4. The van der Waals surface area contributed by atoms with E-state index < -0.39 is 6.04 Å². The monoisotopic (exact) mass is 309 g/mol. The van der Waals surface area contributed by atoms with E-state index in [1.54, 1.807) is 17.6 Å². The summed E-state index contributed by atoms with van der Waals surface area (Å²) in [6.07, 6.45) is 4.64. The van der Waals surface area contributed by atoms with Gasteiger partial charge in [-0.15, -0.1) is 0 Å². The minimum atomic E-state index is -0.531. The van der Waals surface area contributed by atoms with Gasteiger partial charge in [0.1, 0.15) is 6.04 Å². The van der Waals surface area contributed by atoms with Crippen LogP contribution in [0.4, 0.5) is 0 Å². The summed E-state index contributed by atoms with van der Waals surface area (Å²) in [6.45, 7) is 7.37. The molecule has 1 atom stereocenters. The fraction of sp³-hybridized carbons (Fsp3) is 0.647. The first-order valence-electron chi connectivity index (χ1n) is 8.05. The van der Waals surface area contributed by atoms with Gasteiger partial charge < -0.3 is 14.0 Å². The quantitative estimate of drug-likeness (QED) is 0.356. The Morgan fingerprint density at radius 3 is 2.55 bits per heavy atom. The van der Waals surface area contributed by atoms with Crippen molar-refractivity contribution >= 4 is 12.3 Å². The van der Waals surface area contributed by atoms with Gasteiger partial charge in [-0.05, 0) is 31.9 Å². The highest BCUT2D eigenvalue weighted by atomic mass is 16.5. The molecule has 0 N–H and O–H groups in total. The molecule has 0 aliphatic rings. The Kier molecular flexibility index (Phi) is 8.51. The number of aromatic nitrogens is 1. The lowest BCUT2D eigenvalue weighted by atomic mass is 10.3. The average Bonchev–Trinajstić information content (AvgIpc) is 2.93. The summed E-state index contributed by atoms with van der Waals surface area (Å²) in [7, 11) is 0. The zero-order chi connectivity index (χ0) is 16.4. The number of carbonyl (C=O) groups is 2. The zero-order valence-electron chi connectivity index (χ0n) is 13.8. The molecule has 0 aliphatic heterocycles. The zero-order valence-corrected chi connectivity index (χ0v) is 13.8. The minimum Gasteiger partial charge on any atom is -0.464 e. The molecule has 0 saturated carbocycles. The highest BCUT2D eigenvalue weighted by Crippen LogP contribution is 2.18. The molecule has 1 heterocycles. The second-order valence-corrected chi connectivity index (χ2v) is 5.34. The van der Waals surface area contributed by atoms with Crippen molar-refractivity contribution < 1.29 is 19.1 Å². The van der Waals surface area contributed by atoms with Crippen LogP contribution in [0, 0.1) is 0 Å². The summed E-state index contributed by atoms with van der Waals surface area (Å²) < 4.78 is 12.5. The summed E-state index contributed by atoms with van der Waals surface area (Å²) in [5.41, 5.74) is 1.28. The molecule has 0 fully saturated rings. The third-order valence-corrected chi connectivity index (χ3v) is 3.52. The minimum absolute atomic E-state index is 0.317. The number of aldehydes is 1. The fourth-order valence-corrected chi connectivity index (χ4v) is 2.16. The van der Waals surface area contributed by atoms with Gasteiger partial charge in [-0.1, -0.05) is 26.7 Å². The molecule has 1 aromatic heterocycles. The molecule has 5 nitrogen and oxygen atoms in total. The Morgan fingerprint density at radius 2 is 1.91 bits per heavy atom. The van der Waals surface area contributed by atoms with Crippen LogP contribution in [0.2, 0.25) is 0 Å². The number of hydrogen-bond acceptors (Lipinski definition) is 4. The number of hydrogen-bond donors (Lipinski definition) is 0. The van der Waals surface area contributed by atoms with Gasteiger partial charge >= 0.3 is 5.97 Å². The average molecular weight is 309 g/mol. The smallest absolute Gasteiger partial charge is 0.328 e. The molecule has 124 valence electrons. The highest BCUT2D eigenvalue weighted by Gasteiger charge is 2.21. The van der Waals surface area contributed by atoms with Crippen molar-refractivity contribution in [3.05, 3.63) is 23.5 Å². The molecular formula is C17H27NO4. The normalized spacial score (nSPS) is 12.1. The van der Waals surface area contributed by atoms with Crippen LogP contribution in [0.15, 0.2) is 12.1 Å². The number of unbranched alkanes of at least 4 members (excludes halogenated alkanes) is 2. The first-order chi connectivity index (χ1) is 10.7. The van der Waals surface area contributed by atoms with E-state index >= 15 is 0 Å². The predicted octanol–water partition coefficient (Wildman–Crippen LogP) is 3.52. The second kappa shape index (κ2) is 10.2. The van der Waals surface area contributed by atoms with E-state index in [0.717, 1.165) is 37.7 Å². The number of esters is 1. The largest absolute Gasteiger partial charge is 0.464 e. The summed E-state index contributed by atoms with van der Waals surface area (Å²) in [4.78, 5) is 23.3. The van der Waals surface area contributed by atoms with Crippen molar-refractivity contribution in [3.63, 3.8) is 0 Å². The molecule has 5 heteroatoms. The fourth-order valence-electron chi connectivity index (χ4n) is 2.16. The molecule has 1 rings (SSSR count). The first-order valence-corrected chi connectivity index (χ1v) is 8.05. The number of rotatable bonds is 11. The van der Waals surface area contributed by atoms with Crippen LogP contribution in [0.3, 0.4) is 0 Å². The van der Waals surface area contributed by atoms with Crippen molar-refractivity contribution in [3.8, 4) is 0 Å². The molecule has 0 spiro atoms. The van der Waals surface area contributed by atoms with Gasteiger partial charge in [-0.25, -0.2) is 4.79 Å². The second-order valence-electron chi connectivity index (χ2n) is 5.34. The van der Waals surface area contributed by atoms with Crippen LogP contribution in [-0.2, 0) is 20.9 Å². The van der Waals surface area contributed by atoms with Crippen molar-refractivity contribution in [1.82, 2.24) is 4.57 Å². The third kappa shape index (κ3) is 5.30. The highest BCUT2D eigenvalue weighted by molar-refractivity contribution is 5.78. The van der Waals surface area contributed by atoms with E-state index in [4.69, 9.17) is 9.47 Å². The van der Waals surface area contributed by atoms with Crippen molar-refractivity contribution in [2.75, 3.05) is 13.2 Å². The van der Waals surface area contributed by atoms with Gasteiger partial charge in [0.25, 0.3) is 0 Å². The van der Waals surface area contributed by atoms with E-state index in [0.29, 0.717) is 25.5 Å². The van der Waals surface area contributed by atoms with Gasteiger partial charge in [0, 0.05) is 12.3 Å². The lowest BCUT2D eigenvalue weighted by molar-refractivity contribution is -0.147. The van der Waals surface area contributed by atoms with Gasteiger partial charge in [-0.2, -0.15) is 0 Å². The summed E-state index contributed by atoms with van der Waals surface area (Å²) >= 11 is 0. The summed E-state index contributed by atoms with van der Waals surface area (Å²) in [6, 6.07) is 3.00. The lowest BCUT2D eigenvalue weighted by Crippen LogP contribution is -2.23. The molecule has 0 bridgehead atoms.